The predicted octanol–water partition coefficient (Wildman–Crippen LogP) is 4.45. The Morgan fingerprint density at radius 1 is 1.13 bits per heavy atom. The zero-order valence-corrected chi connectivity index (χ0v) is 18.8. The molecule has 4 fully saturated rings. The van der Waals surface area contributed by atoms with Gasteiger partial charge in [0.2, 0.25) is 5.91 Å². The van der Waals surface area contributed by atoms with E-state index in [9.17, 15) is 4.79 Å². The maximum absolute atomic E-state index is 12.8. The second-order valence-corrected chi connectivity index (χ2v) is 10.9. The van der Waals surface area contributed by atoms with E-state index in [2.05, 4.69) is 39.1 Å². The fourth-order valence-corrected chi connectivity index (χ4v) is 7.49. The molecule has 4 aliphatic carbocycles. The number of carbonyl (C=O) groups is 1. The van der Waals surface area contributed by atoms with Crippen LogP contribution in [0.1, 0.15) is 56.8 Å². The zero-order valence-electron chi connectivity index (χ0n) is 18.0. The first-order valence-corrected chi connectivity index (χ1v) is 12.4. The summed E-state index contributed by atoms with van der Waals surface area (Å²) in [6.07, 6.45) is 8.26. The Hall–Kier alpha value is -1.82. The lowest BCUT2D eigenvalue weighted by molar-refractivity contribution is -0.123. The summed E-state index contributed by atoms with van der Waals surface area (Å²) < 4.78 is 2.09. The molecule has 160 valence electrons. The molecule has 1 atom stereocenters. The van der Waals surface area contributed by atoms with Crippen molar-refractivity contribution in [3.8, 4) is 0 Å². The molecule has 4 bridgehead atoms. The standard InChI is InChI=1S/C24H32N4OS/c1-16(24-11-19-8-20(12-24)10-21(9-19)13-24)25-22(29)15-30-23-27-26-17(2)28(23)14-18-6-4-3-5-7-18/h3-7,16,19-21H,8-15H2,1-2H3,(H,25,29)/t16-,19?,20?,21?,24?/m1/s1. The van der Waals surface area contributed by atoms with Crippen LogP contribution in [0.15, 0.2) is 35.5 Å². The fourth-order valence-electron chi connectivity index (χ4n) is 6.69. The van der Waals surface area contributed by atoms with Crippen molar-refractivity contribution in [3.63, 3.8) is 0 Å². The first-order valence-electron chi connectivity index (χ1n) is 11.4. The summed E-state index contributed by atoms with van der Waals surface area (Å²) in [6, 6.07) is 10.6. The summed E-state index contributed by atoms with van der Waals surface area (Å²) >= 11 is 1.49. The lowest BCUT2D eigenvalue weighted by Crippen LogP contribution is -2.56. The Kier molecular flexibility index (Phi) is 5.38. The van der Waals surface area contributed by atoms with Gasteiger partial charge in [-0.15, -0.1) is 10.2 Å². The molecule has 0 spiro atoms. The number of amides is 1. The van der Waals surface area contributed by atoms with Crippen LogP contribution in [-0.4, -0.2) is 32.5 Å². The third kappa shape index (κ3) is 3.91. The van der Waals surface area contributed by atoms with Crippen LogP contribution in [0.2, 0.25) is 0 Å². The Labute approximate surface area is 183 Å². The molecule has 1 N–H and O–H groups in total. The molecule has 6 rings (SSSR count). The molecule has 0 radical (unpaired) electrons. The highest BCUT2D eigenvalue weighted by Gasteiger charge is 2.53. The average molecular weight is 425 g/mol. The van der Waals surface area contributed by atoms with Crippen LogP contribution in [-0.2, 0) is 11.3 Å². The third-order valence-electron chi connectivity index (χ3n) is 7.80. The second-order valence-electron chi connectivity index (χ2n) is 9.96. The smallest absolute Gasteiger partial charge is 0.230 e. The maximum Gasteiger partial charge on any atom is 0.230 e. The molecule has 6 heteroatoms. The molecule has 4 aliphatic rings. The van der Waals surface area contributed by atoms with Crippen molar-refractivity contribution in [2.45, 2.75) is 70.1 Å². The van der Waals surface area contributed by atoms with Gasteiger partial charge in [0.1, 0.15) is 5.82 Å². The number of benzene rings is 1. The highest BCUT2D eigenvalue weighted by atomic mass is 32.2. The maximum atomic E-state index is 12.8. The monoisotopic (exact) mass is 424 g/mol. The first kappa shape index (κ1) is 20.1. The van der Waals surface area contributed by atoms with E-state index in [4.69, 9.17) is 0 Å². The molecule has 5 nitrogen and oxygen atoms in total. The van der Waals surface area contributed by atoms with E-state index >= 15 is 0 Å². The van der Waals surface area contributed by atoms with E-state index in [1.807, 2.05) is 25.1 Å². The summed E-state index contributed by atoms with van der Waals surface area (Å²) in [5.41, 5.74) is 1.56. The van der Waals surface area contributed by atoms with E-state index in [1.54, 1.807) is 0 Å². The molecule has 2 aromatic rings. The van der Waals surface area contributed by atoms with Crippen LogP contribution in [0.25, 0.3) is 0 Å². The molecule has 1 aromatic heterocycles. The molecule has 1 aromatic carbocycles. The van der Waals surface area contributed by atoms with Gasteiger partial charge in [-0.05, 0) is 81.1 Å². The number of carbonyl (C=O) groups excluding carboxylic acids is 1. The summed E-state index contributed by atoms with van der Waals surface area (Å²) in [6.45, 7) is 4.94. The lowest BCUT2D eigenvalue weighted by Gasteiger charge is -2.59. The van der Waals surface area contributed by atoms with E-state index in [0.717, 1.165) is 35.3 Å². The fraction of sp³-hybridized carbons (Fsp3) is 0.625. The molecular formula is C24H32N4OS. The normalized spacial score (nSPS) is 30.4. The van der Waals surface area contributed by atoms with Crippen molar-refractivity contribution >= 4 is 17.7 Å². The van der Waals surface area contributed by atoms with E-state index < -0.39 is 0 Å². The van der Waals surface area contributed by atoms with Crippen molar-refractivity contribution in [3.05, 3.63) is 41.7 Å². The van der Waals surface area contributed by atoms with Crippen LogP contribution in [0, 0.1) is 30.1 Å². The van der Waals surface area contributed by atoms with Crippen LogP contribution < -0.4 is 5.32 Å². The zero-order chi connectivity index (χ0) is 20.7. The molecule has 1 amide bonds. The SMILES string of the molecule is Cc1nnc(SCC(=O)N[C@H](C)C23CC4CC(CC(C4)C2)C3)n1Cc1ccccc1. The number of aryl methyl sites for hydroxylation is 1. The van der Waals surface area contributed by atoms with Gasteiger partial charge in [-0.2, -0.15) is 0 Å². The number of aromatic nitrogens is 3. The summed E-state index contributed by atoms with van der Waals surface area (Å²) in [4.78, 5) is 12.8. The summed E-state index contributed by atoms with van der Waals surface area (Å²) in [7, 11) is 0. The number of hydrogen-bond acceptors (Lipinski definition) is 4. The Morgan fingerprint density at radius 3 is 2.40 bits per heavy atom. The Morgan fingerprint density at radius 2 is 1.77 bits per heavy atom. The number of hydrogen-bond donors (Lipinski definition) is 1. The van der Waals surface area contributed by atoms with Gasteiger partial charge in [0.05, 0.1) is 12.3 Å². The van der Waals surface area contributed by atoms with E-state index in [-0.39, 0.29) is 11.9 Å². The minimum Gasteiger partial charge on any atom is -0.352 e. The van der Waals surface area contributed by atoms with Gasteiger partial charge in [-0.3, -0.25) is 4.79 Å². The van der Waals surface area contributed by atoms with Crippen molar-refractivity contribution < 1.29 is 4.79 Å². The molecule has 0 saturated heterocycles. The van der Waals surface area contributed by atoms with Gasteiger partial charge in [0.15, 0.2) is 5.16 Å². The van der Waals surface area contributed by atoms with Gasteiger partial charge in [0.25, 0.3) is 0 Å². The minimum absolute atomic E-state index is 0.121. The van der Waals surface area contributed by atoms with Crippen molar-refractivity contribution in [2.75, 3.05) is 5.75 Å². The van der Waals surface area contributed by atoms with Gasteiger partial charge in [0, 0.05) is 6.04 Å². The number of nitrogens with one attached hydrogen (secondary N) is 1. The lowest BCUT2D eigenvalue weighted by atomic mass is 9.48. The van der Waals surface area contributed by atoms with Crippen LogP contribution in [0.3, 0.4) is 0 Å². The predicted molar refractivity (Wildman–Crippen MR) is 119 cm³/mol. The third-order valence-corrected chi connectivity index (χ3v) is 8.77. The summed E-state index contributed by atoms with van der Waals surface area (Å²) in [5.74, 6) is 4.11. The van der Waals surface area contributed by atoms with Crippen molar-refractivity contribution in [1.82, 2.24) is 20.1 Å². The Balaban J connectivity index is 1.19. The van der Waals surface area contributed by atoms with Crippen molar-refractivity contribution in [2.24, 2.45) is 23.2 Å². The van der Waals surface area contributed by atoms with Gasteiger partial charge in [-0.25, -0.2) is 0 Å². The highest BCUT2D eigenvalue weighted by molar-refractivity contribution is 7.99. The van der Waals surface area contributed by atoms with Crippen LogP contribution >= 0.6 is 11.8 Å². The number of thioether (sulfide) groups is 1. The first-order chi connectivity index (χ1) is 14.5. The molecular weight excluding hydrogens is 392 g/mol. The van der Waals surface area contributed by atoms with Gasteiger partial charge >= 0.3 is 0 Å². The van der Waals surface area contributed by atoms with Crippen LogP contribution in [0.5, 0.6) is 0 Å². The molecule has 1 heterocycles. The van der Waals surface area contributed by atoms with Gasteiger partial charge < -0.3 is 9.88 Å². The van der Waals surface area contributed by atoms with Crippen LogP contribution in [0.4, 0.5) is 0 Å². The number of nitrogens with zero attached hydrogens (tertiary/aromatic N) is 3. The minimum atomic E-state index is 0.121. The quantitative estimate of drug-likeness (QED) is 0.667. The average Bonchev–Trinajstić information content (AvgIpc) is 3.06. The van der Waals surface area contributed by atoms with E-state index in [0.29, 0.717) is 11.2 Å². The number of rotatable bonds is 7. The van der Waals surface area contributed by atoms with Gasteiger partial charge in [-0.1, -0.05) is 42.1 Å². The second kappa shape index (κ2) is 8.03. The highest BCUT2D eigenvalue weighted by Crippen LogP contribution is 2.61. The largest absolute Gasteiger partial charge is 0.352 e. The molecule has 0 unspecified atom stereocenters. The van der Waals surface area contributed by atoms with E-state index in [1.165, 1.54) is 55.9 Å². The van der Waals surface area contributed by atoms with Crippen molar-refractivity contribution in [1.29, 1.82) is 0 Å². The Bertz CT molecular complexity index is 874. The molecule has 30 heavy (non-hydrogen) atoms. The molecule has 0 aliphatic heterocycles. The molecule has 4 saturated carbocycles. The summed E-state index contributed by atoms with van der Waals surface area (Å²) in [5, 5.41) is 12.7. The topological polar surface area (TPSA) is 59.8 Å².